The first-order valence-corrected chi connectivity index (χ1v) is 5.10. The Kier molecular flexibility index (Phi) is 7.42. The maximum Gasteiger partial charge on any atom is 0.236 e. The Balaban J connectivity index is 3.31. The summed E-state index contributed by atoms with van der Waals surface area (Å²) < 4.78 is 5.36. The second-order valence-electron chi connectivity index (χ2n) is 3.76. The lowest BCUT2D eigenvalue weighted by molar-refractivity contribution is -0.122. The van der Waals surface area contributed by atoms with Crippen LogP contribution in [0.4, 0.5) is 0 Å². The zero-order valence-electron chi connectivity index (χ0n) is 9.59. The molecule has 1 unspecified atom stereocenters. The van der Waals surface area contributed by atoms with Gasteiger partial charge < -0.3 is 15.4 Å². The third-order valence-corrected chi connectivity index (χ3v) is 1.79. The Morgan fingerprint density at radius 3 is 2.50 bits per heavy atom. The molecule has 14 heavy (non-hydrogen) atoms. The zero-order chi connectivity index (χ0) is 11.0. The number of hydrogen-bond acceptors (Lipinski definition) is 3. The van der Waals surface area contributed by atoms with Crippen LogP contribution in [-0.4, -0.2) is 38.8 Å². The van der Waals surface area contributed by atoms with E-state index in [0.29, 0.717) is 19.1 Å². The fraction of sp³-hybridized carbons (Fsp3) is 0.900. The molecule has 1 amide bonds. The summed E-state index contributed by atoms with van der Waals surface area (Å²) in [6.45, 7) is 8.19. The van der Waals surface area contributed by atoms with Crippen molar-refractivity contribution in [2.24, 2.45) is 5.92 Å². The predicted octanol–water partition coefficient (Wildman–Crippen LogP) is 0.383. The van der Waals surface area contributed by atoms with Gasteiger partial charge >= 0.3 is 0 Å². The minimum absolute atomic E-state index is 0.00820. The van der Waals surface area contributed by atoms with Crippen molar-refractivity contribution in [3.05, 3.63) is 0 Å². The van der Waals surface area contributed by atoms with Gasteiger partial charge in [-0.1, -0.05) is 13.8 Å². The van der Waals surface area contributed by atoms with E-state index >= 15 is 0 Å². The van der Waals surface area contributed by atoms with Crippen LogP contribution in [0.25, 0.3) is 0 Å². The minimum atomic E-state index is -0.150. The van der Waals surface area contributed by atoms with Gasteiger partial charge in [0, 0.05) is 20.2 Å². The molecule has 0 aromatic carbocycles. The third kappa shape index (κ3) is 6.86. The molecule has 0 aromatic rings. The topological polar surface area (TPSA) is 50.4 Å². The van der Waals surface area contributed by atoms with Crippen molar-refractivity contribution >= 4 is 5.91 Å². The molecule has 0 fully saturated rings. The summed E-state index contributed by atoms with van der Waals surface area (Å²) in [6.07, 6.45) is 0. The molecule has 4 nitrogen and oxygen atoms in total. The number of carbonyl (C=O) groups is 1. The van der Waals surface area contributed by atoms with E-state index in [0.717, 1.165) is 6.61 Å². The molecule has 0 bridgehead atoms. The van der Waals surface area contributed by atoms with Crippen LogP contribution in [0.2, 0.25) is 0 Å². The summed E-state index contributed by atoms with van der Waals surface area (Å²) in [6, 6.07) is -0.150. The van der Waals surface area contributed by atoms with E-state index in [4.69, 9.17) is 4.74 Å². The average Bonchev–Trinajstić information content (AvgIpc) is 2.15. The summed E-state index contributed by atoms with van der Waals surface area (Å²) >= 11 is 0. The molecule has 0 saturated heterocycles. The summed E-state index contributed by atoms with van der Waals surface area (Å²) in [5, 5.41) is 5.65. The number of nitrogens with one attached hydrogen (secondary N) is 2. The first-order chi connectivity index (χ1) is 6.57. The van der Waals surface area contributed by atoms with Crippen molar-refractivity contribution < 1.29 is 9.53 Å². The molecule has 2 N–H and O–H groups in total. The normalized spacial score (nSPS) is 12.9. The summed E-state index contributed by atoms with van der Waals surface area (Å²) in [5.74, 6) is 0.570. The fourth-order valence-corrected chi connectivity index (χ4v) is 0.976. The Morgan fingerprint density at radius 2 is 2.00 bits per heavy atom. The molecule has 0 aliphatic rings. The van der Waals surface area contributed by atoms with Gasteiger partial charge in [-0.3, -0.25) is 4.79 Å². The SMILES string of the molecule is CNC(=O)C(C)NCCOCC(C)C. The Labute approximate surface area is 86.4 Å². The predicted molar refractivity (Wildman–Crippen MR) is 57.2 cm³/mol. The van der Waals surface area contributed by atoms with E-state index in [1.54, 1.807) is 7.05 Å². The fourth-order valence-electron chi connectivity index (χ4n) is 0.976. The van der Waals surface area contributed by atoms with Crippen molar-refractivity contribution in [2.75, 3.05) is 26.8 Å². The number of hydrogen-bond donors (Lipinski definition) is 2. The van der Waals surface area contributed by atoms with Gasteiger partial charge in [-0.15, -0.1) is 0 Å². The number of likely N-dealkylation sites (N-methyl/N-ethyl adjacent to an activating group) is 1. The van der Waals surface area contributed by atoms with Gasteiger partial charge in [-0.25, -0.2) is 0 Å². The molecule has 0 heterocycles. The summed E-state index contributed by atoms with van der Waals surface area (Å²) in [5.41, 5.74) is 0. The molecule has 1 atom stereocenters. The molecular formula is C10H22N2O2. The van der Waals surface area contributed by atoms with Crippen molar-refractivity contribution in [2.45, 2.75) is 26.8 Å². The molecule has 0 spiro atoms. The quantitative estimate of drug-likeness (QED) is 0.587. The van der Waals surface area contributed by atoms with Gasteiger partial charge in [0.25, 0.3) is 0 Å². The number of carbonyl (C=O) groups excluding carboxylic acids is 1. The highest BCUT2D eigenvalue weighted by Gasteiger charge is 2.08. The summed E-state index contributed by atoms with van der Waals surface area (Å²) in [7, 11) is 1.63. The monoisotopic (exact) mass is 202 g/mol. The van der Waals surface area contributed by atoms with E-state index in [1.807, 2.05) is 6.92 Å². The largest absolute Gasteiger partial charge is 0.380 e. The Hall–Kier alpha value is -0.610. The molecule has 0 aliphatic heterocycles. The summed E-state index contributed by atoms with van der Waals surface area (Å²) in [4.78, 5) is 11.1. The van der Waals surface area contributed by atoms with Crippen LogP contribution in [0.3, 0.4) is 0 Å². The lowest BCUT2D eigenvalue weighted by atomic mass is 10.2. The van der Waals surface area contributed by atoms with Gasteiger partial charge in [0.15, 0.2) is 0 Å². The van der Waals surface area contributed by atoms with Crippen LogP contribution in [0, 0.1) is 5.92 Å². The smallest absolute Gasteiger partial charge is 0.236 e. The maximum absolute atomic E-state index is 11.1. The highest BCUT2D eigenvalue weighted by molar-refractivity contribution is 5.80. The van der Waals surface area contributed by atoms with Crippen molar-refractivity contribution in [1.82, 2.24) is 10.6 Å². The van der Waals surface area contributed by atoms with Crippen molar-refractivity contribution in [3.8, 4) is 0 Å². The highest BCUT2D eigenvalue weighted by Crippen LogP contribution is 1.91. The van der Waals surface area contributed by atoms with Crippen LogP contribution in [-0.2, 0) is 9.53 Å². The lowest BCUT2D eigenvalue weighted by Gasteiger charge is -2.12. The number of amides is 1. The van der Waals surface area contributed by atoms with E-state index in [2.05, 4.69) is 24.5 Å². The number of rotatable bonds is 7. The molecule has 84 valence electrons. The molecule has 0 rings (SSSR count). The molecule has 0 aromatic heterocycles. The highest BCUT2D eigenvalue weighted by atomic mass is 16.5. The van der Waals surface area contributed by atoms with Gasteiger partial charge in [-0.05, 0) is 12.8 Å². The van der Waals surface area contributed by atoms with Crippen molar-refractivity contribution in [3.63, 3.8) is 0 Å². The Bertz CT molecular complexity index is 160. The second-order valence-corrected chi connectivity index (χ2v) is 3.76. The first-order valence-electron chi connectivity index (χ1n) is 5.10. The Morgan fingerprint density at radius 1 is 1.36 bits per heavy atom. The molecule has 0 saturated carbocycles. The van der Waals surface area contributed by atoms with E-state index in [1.165, 1.54) is 0 Å². The lowest BCUT2D eigenvalue weighted by Crippen LogP contribution is -2.41. The molecular weight excluding hydrogens is 180 g/mol. The van der Waals surface area contributed by atoms with Gasteiger partial charge in [-0.2, -0.15) is 0 Å². The van der Waals surface area contributed by atoms with Crippen LogP contribution in [0.15, 0.2) is 0 Å². The molecule has 0 aliphatic carbocycles. The van der Waals surface area contributed by atoms with E-state index in [-0.39, 0.29) is 11.9 Å². The van der Waals surface area contributed by atoms with Crippen LogP contribution in [0.1, 0.15) is 20.8 Å². The second kappa shape index (κ2) is 7.76. The van der Waals surface area contributed by atoms with Gasteiger partial charge in [0.05, 0.1) is 12.6 Å². The minimum Gasteiger partial charge on any atom is -0.380 e. The van der Waals surface area contributed by atoms with Crippen LogP contribution in [0.5, 0.6) is 0 Å². The van der Waals surface area contributed by atoms with Crippen molar-refractivity contribution in [1.29, 1.82) is 0 Å². The standard InChI is InChI=1S/C10H22N2O2/c1-8(2)7-14-6-5-12-9(3)10(13)11-4/h8-9,12H,5-7H2,1-4H3,(H,11,13). The molecule has 4 heteroatoms. The first kappa shape index (κ1) is 13.4. The van der Waals surface area contributed by atoms with Gasteiger partial charge in [0.2, 0.25) is 5.91 Å². The average molecular weight is 202 g/mol. The maximum atomic E-state index is 11.1. The zero-order valence-corrected chi connectivity index (χ0v) is 9.59. The van der Waals surface area contributed by atoms with Crippen LogP contribution >= 0.6 is 0 Å². The van der Waals surface area contributed by atoms with E-state index < -0.39 is 0 Å². The van der Waals surface area contributed by atoms with Crippen LogP contribution < -0.4 is 10.6 Å². The molecule has 0 radical (unpaired) electrons. The van der Waals surface area contributed by atoms with E-state index in [9.17, 15) is 4.79 Å². The third-order valence-electron chi connectivity index (χ3n) is 1.79. The number of ether oxygens (including phenoxy) is 1. The van der Waals surface area contributed by atoms with Gasteiger partial charge in [0.1, 0.15) is 0 Å².